The van der Waals surface area contributed by atoms with E-state index in [0.29, 0.717) is 18.9 Å². The van der Waals surface area contributed by atoms with Crippen LogP contribution in [-0.4, -0.2) is 25.2 Å². The lowest BCUT2D eigenvalue weighted by Gasteiger charge is -2.11. The highest BCUT2D eigenvalue weighted by atomic mass is 16.5. The predicted molar refractivity (Wildman–Crippen MR) is 65.4 cm³/mol. The van der Waals surface area contributed by atoms with Gasteiger partial charge in [-0.05, 0) is 19.3 Å². The van der Waals surface area contributed by atoms with E-state index in [0.717, 1.165) is 0 Å². The van der Waals surface area contributed by atoms with Gasteiger partial charge in [-0.2, -0.15) is 5.26 Å². The first kappa shape index (κ1) is 16.4. The Morgan fingerprint density at radius 2 is 1.89 bits per heavy atom. The normalized spacial score (nSPS) is 11.7. The molecule has 0 amide bonds. The fourth-order valence-corrected chi connectivity index (χ4v) is 1.49. The monoisotopic (exact) mass is 255 g/mol. The van der Waals surface area contributed by atoms with Crippen molar-refractivity contribution in [3.8, 4) is 6.07 Å². The highest BCUT2D eigenvalue weighted by Crippen LogP contribution is 2.15. The zero-order valence-corrected chi connectivity index (χ0v) is 11.3. The van der Waals surface area contributed by atoms with Crippen molar-refractivity contribution < 1.29 is 19.1 Å². The van der Waals surface area contributed by atoms with Crippen molar-refractivity contribution in [2.45, 2.75) is 40.0 Å². The molecule has 0 spiro atoms. The summed E-state index contributed by atoms with van der Waals surface area (Å²) in [4.78, 5) is 22.4. The Kier molecular flexibility index (Phi) is 8.63. The Balaban J connectivity index is 3.83. The summed E-state index contributed by atoms with van der Waals surface area (Å²) >= 11 is 0. The Bertz CT molecular complexity index is 307. The van der Waals surface area contributed by atoms with Crippen molar-refractivity contribution in [1.82, 2.24) is 0 Å². The second-order valence-corrected chi connectivity index (χ2v) is 4.44. The van der Waals surface area contributed by atoms with Gasteiger partial charge in [-0.25, -0.2) is 0 Å². The summed E-state index contributed by atoms with van der Waals surface area (Å²) in [5, 5.41) is 8.88. The number of nitrogens with zero attached hydrogens (tertiary/aromatic N) is 1. The van der Waals surface area contributed by atoms with Gasteiger partial charge in [0.15, 0.2) is 0 Å². The van der Waals surface area contributed by atoms with E-state index in [4.69, 9.17) is 14.7 Å². The summed E-state index contributed by atoms with van der Waals surface area (Å²) in [5.41, 5.74) is 0. The van der Waals surface area contributed by atoms with Crippen LogP contribution in [0.25, 0.3) is 0 Å². The lowest BCUT2D eigenvalue weighted by atomic mass is 9.96. The summed E-state index contributed by atoms with van der Waals surface area (Å²) in [6, 6.07) is 2.09. The fourth-order valence-electron chi connectivity index (χ4n) is 1.49. The Labute approximate surface area is 108 Å². The smallest absolute Gasteiger partial charge is 0.309 e. The molecular formula is C13H21NO4. The third-order valence-corrected chi connectivity index (χ3v) is 2.23. The topological polar surface area (TPSA) is 76.4 Å². The predicted octanol–water partition coefficient (Wildman–Crippen LogP) is 2.06. The van der Waals surface area contributed by atoms with Crippen LogP contribution in [0.3, 0.4) is 0 Å². The molecule has 0 fully saturated rings. The lowest BCUT2D eigenvalue weighted by molar-refractivity contribution is -0.149. The molecule has 0 aromatic carbocycles. The van der Waals surface area contributed by atoms with Crippen molar-refractivity contribution in [2.24, 2.45) is 11.8 Å². The molecule has 0 saturated carbocycles. The molecule has 0 N–H and O–H groups in total. The van der Waals surface area contributed by atoms with E-state index in [-0.39, 0.29) is 31.3 Å². The number of ether oxygens (including phenoxy) is 2. The van der Waals surface area contributed by atoms with Gasteiger partial charge in [0.05, 0.1) is 31.4 Å². The molecule has 0 bridgehead atoms. The average molecular weight is 255 g/mol. The zero-order valence-electron chi connectivity index (χ0n) is 11.3. The van der Waals surface area contributed by atoms with Gasteiger partial charge in [0.25, 0.3) is 0 Å². The molecule has 0 rings (SSSR count). The molecule has 0 aromatic rings. The van der Waals surface area contributed by atoms with Crippen molar-refractivity contribution in [2.75, 3.05) is 13.2 Å². The number of hydrogen-bond donors (Lipinski definition) is 0. The van der Waals surface area contributed by atoms with Gasteiger partial charge in [-0.15, -0.1) is 0 Å². The molecular weight excluding hydrogens is 234 g/mol. The molecule has 18 heavy (non-hydrogen) atoms. The highest BCUT2D eigenvalue weighted by Gasteiger charge is 2.16. The van der Waals surface area contributed by atoms with Crippen LogP contribution in [0.4, 0.5) is 0 Å². The Morgan fingerprint density at radius 1 is 1.22 bits per heavy atom. The third kappa shape index (κ3) is 8.57. The van der Waals surface area contributed by atoms with Gasteiger partial charge in [0.1, 0.15) is 6.61 Å². The molecule has 0 heterocycles. The van der Waals surface area contributed by atoms with E-state index >= 15 is 0 Å². The van der Waals surface area contributed by atoms with Crippen LogP contribution in [0, 0.1) is 23.2 Å². The van der Waals surface area contributed by atoms with Crippen LogP contribution < -0.4 is 0 Å². The first-order valence-corrected chi connectivity index (χ1v) is 6.20. The minimum Gasteiger partial charge on any atom is -0.466 e. The van der Waals surface area contributed by atoms with E-state index in [2.05, 4.69) is 6.07 Å². The van der Waals surface area contributed by atoms with E-state index < -0.39 is 5.97 Å². The molecule has 102 valence electrons. The van der Waals surface area contributed by atoms with Crippen molar-refractivity contribution in [3.63, 3.8) is 0 Å². The maximum absolute atomic E-state index is 11.4. The standard InChI is InChI=1S/C13H21NO4/c1-4-17-12(15)5-6-18-13(16)8-11(9-14)7-10(2)3/h10-11H,4-8H2,1-3H3. The van der Waals surface area contributed by atoms with Gasteiger partial charge in [-0.1, -0.05) is 13.8 Å². The van der Waals surface area contributed by atoms with E-state index in [1.54, 1.807) is 6.92 Å². The summed E-state index contributed by atoms with van der Waals surface area (Å²) in [6.45, 7) is 6.04. The van der Waals surface area contributed by atoms with Crippen LogP contribution in [0.15, 0.2) is 0 Å². The van der Waals surface area contributed by atoms with E-state index in [9.17, 15) is 9.59 Å². The number of rotatable bonds is 8. The SMILES string of the molecule is CCOC(=O)CCOC(=O)CC(C#N)CC(C)C. The summed E-state index contributed by atoms with van der Waals surface area (Å²) < 4.78 is 9.58. The molecule has 1 atom stereocenters. The van der Waals surface area contributed by atoms with Crippen LogP contribution >= 0.6 is 0 Å². The van der Waals surface area contributed by atoms with Crippen LogP contribution in [0.5, 0.6) is 0 Å². The maximum atomic E-state index is 11.4. The Hall–Kier alpha value is -1.57. The second kappa shape index (κ2) is 9.46. The third-order valence-electron chi connectivity index (χ3n) is 2.23. The van der Waals surface area contributed by atoms with E-state index in [1.807, 2.05) is 13.8 Å². The van der Waals surface area contributed by atoms with Gasteiger partial charge < -0.3 is 9.47 Å². The number of esters is 2. The first-order chi connectivity index (χ1) is 8.49. The number of carbonyl (C=O) groups excluding carboxylic acids is 2. The molecule has 1 unspecified atom stereocenters. The number of hydrogen-bond acceptors (Lipinski definition) is 5. The number of carbonyl (C=O) groups is 2. The minimum atomic E-state index is -0.438. The Morgan fingerprint density at radius 3 is 2.39 bits per heavy atom. The molecule has 5 nitrogen and oxygen atoms in total. The molecule has 0 saturated heterocycles. The minimum absolute atomic E-state index is 0.0114. The fraction of sp³-hybridized carbons (Fsp3) is 0.769. The molecule has 0 aliphatic rings. The quantitative estimate of drug-likeness (QED) is 0.620. The summed E-state index contributed by atoms with van der Waals surface area (Å²) in [5.74, 6) is -0.780. The van der Waals surface area contributed by atoms with Gasteiger partial charge in [0.2, 0.25) is 0 Å². The van der Waals surface area contributed by atoms with Gasteiger partial charge in [0, 0.05) is 0 Å². The molecule has 0 radical (unpaired) electrons. The summed E-state index contributed by atoms with van der Waals surface area (Å²) in [6.07, 6.45) is 0.808. The molecule has 0 aliphatic carbocycles. The first-order valence-electron chi connectivity index (χ1n) is 6.20. The van der Waals surface area contributed by atoms with Gasteiger partial charge in [-0.3, -0.25) is 9.59 Å². The molecule has 5 heteroatoms. The highest BCUT2D eigenvalue weighted by molar-refractivity contribution is 5.72. The van der Waals surface area contributed by atoms with Crippen molar-refractivity contribution >= 4 is 11.9 Å². The van der Waals surface area contributed by atoms with Crippen molar-refractivity contribution in [3.05, 3.63) is 0 Å². The van der Waals surface area contributed by atoms with Crippen molar-refractivity contribution in [1.29, 1.82) is 5.26 Å². The lowest BCUT2D eigenvalue weighted by Crippen LogP contribution is -2.15. The average Bonchev–Trinajstić information content (AvgIpc) is 2.27. The van der Waals surface area contributed by atoms with E-state index in [1.165, 1.54) is 0 Å². The van der Waals surface area contributed by atoms with Crippen LogP contribution in [0.2, 0.25) is 0 Å². The van der Waals surface area contributed by atoms with Gasteiger partial charge >= 0.3 is 11.9 Å². The molecule has 0 aromatic heterocycles. The largest absolute Gasteiger partial charge is 0.466 e. The second-order valence-electron chi connectivity index (χ2n) is 4.44. The van der Waals surface area contributed by atoms with Crippen LogP contribution in [0.1, 0.15) is 40.0 Å². The maximum Gasteiger partial charge on any atom is 0.309 e. The molecule has 0 aliphatic heterocycles. The summed E-state index contributed by atoms with van der Waals surface area (Å²) in [7, 11) is 0. The zero-order chi connectivity index (χ0) is 14.0. The van der Waals surface area contributed by atoms with Crippen LogP contribution in [-0.2, 0) is 19.1 Å². The number of nitriles is 1.